The molecule has 0 bridgehead atoms. The molecule has 0 aromatic heterocycles. The average Bonchev–Trinajstić information content (AvgIpc) is 2.48. The number of nitrogens with one attached hydrogen (secondary N) is 2. The van der Waals surface area contributed by atoms with E-state index in [1.54, 1.807) is 24.3 Å². The number of hydrogen-bond donors (Lipinski definition) is 2. The van der Waals surface area contributed by atoms with E-state index < -0.39 is 0 Å². The van der Waals surface area contributed by atoms with Gasteiger partial charge in [0.05, 0.1) is 6.61 Å². The van der Waals surface area contributed by atoms with Crippen molar-refractivity contribution in [1.29, 1.82) is 0 Å². The maximum absolute atomic E-state index is 11.5. The molecule has 0 aliphatic carbocycles. The lowest BCUT2D eigenvalue weighted by Gasteiger charge is -2.07. The molecule has 0 saturated heterocycles. The summed E-state index contributed by atoms with van der Waals surface area (Å²) in [7, 11) is 0. The summed E-state index contributed by atoms with van der Waals surface area (Å²) in [5.41, 5.74) is 0.669. The smallest absolute Gasteiger partial charge is 0.220 e. The lowest BCUT2D eigenvalue weighted by Crippen LogP contribution is -2.31. The highest BCUT2D eigenvalue weighted by Crippen LogP contribution is 2.12. The lowest BCUT2D eigenvalue weighted by molar-refractivity contribution is -0.121. The summed E-state index contributed by atoms with van der Waals surface area (Å²) in [5.74, 6) is 0.798. The van der Waals surface area contributed by atoms with Crippen LogP contribution < -0.4 is 15.4 Å². The highest BCUT2D eigenvalue weighted by Gasteiger charge is 2.02. The van der Waals surface area contributed by atoms with Crippen molar-refractivity contribution in [3.63, 3.8) is 0 Å². The molecule has 5 heteroatoms. The van der Waals surface area contributed by atoms with E-state index in [0.29, 0.717) is 37.3 Å². The van der Waals surface area contributed by atoms with Crippen LogP contribution in [0.2, 0.25) is 0 Å². The van der Waals surface area contributed by atoms with Crippen LogP contribution in [-0.2, 0) is 4.79 Å². The van der Waals surface area contributed by atoms with Gasteiger partial charge in [-0.2, -0.15) is 0 Å². The van der Waals surface area contributed by atoms with Crippen LogP contribution >= 0.6 is 0 Å². The maximum atomic E-state index is 11.5. The molecule has 5 nitrogen and oxygen atoms in total. The maximum Gasteiger partial charge on any atom is 0.220 e. The van der Waals surface area contributed by atoms with Gasteiger partial charge in [-0.1, -0.05) is 6.92 Å². The number of amides is 1. The third-order valence-electron chi connectivity index (χ3n) is 2.95. The van der Waals surface area contributed by atoms with Gasteiger partial charge in [0.2, 0.25) is 5.91 Å². The highest BCUT2D eigenvalue weighted by atomic mass is 16.5. The van der Waals surface area contributed by atoms with Crippen LogP contribution in [0.4, 0.5) is 0 Å². The molecule has 1 amide bonds. The average molecular weight is 292 g/mol. The minimum absolute atomic E-state index is 0.0378. The van der Waals surface area contributed by atoms with Crippen molar-refractivity contribution in [3.05, 3.63) is 29.8 Å². The van der Waals surface area contributed by atoms with E-state index in [9.17, 15) is 9.59 Å². The Hall–Kier alpha value is -1.88. The first kappa shape index (κ1) is 17.2. The summed E-state index contributed by atoms with van der Waals surface area (Å²) in [4.78, 5) is 22.6. The van der Waals surface area contributed by atoms with E-state index in [2.05, 4.69) is 10.6 Å². The fraction of sp³-hybridized carbons (Fsp3) is 0.500. The molecule has 2 N–H and O–H groups in total. The lowest BCUT2D eigenvalue weighted by atomic mass is 10.1. The third-order valence-corrected chi connectivity index (χ3v) is 2.95. The first-order valence-electron chi connectivity index (χ1n) is 7.34. The fourth-order valence-corrected chi connectivity index (χ4v) is 1.76. The van der Waals surface area contributed by atoms with E-state index in [0.717, 1.165) is 13.1 Å². The fourth-order valence-electron chi connectivity index (χ4n) is 1.76. The van der Waals surface area contributed by atoms with Crippen molar-refractivity contribution in [2.45, 2.75) is 26.7 Å². The zero-order chi connectivity index (χ0) is 15.5. The standard InChI is InChI=1S/C16H24N2O3/c1-3-17-10-11-18-16(20)5-4-12-21-15-8-6-14(7-9-15)13(2)19/h6-9,17H,3-5,10-12H2,1-2H3,(H,18,20). The van der Waals surface area contributed by atoms with Gasteiger partial charge >= 0.3 is 0 Å². The van der Waals surface area contributed by atoms with Crippen LogP contribution in [0.25, 0.3) is 0 Å². The SMILES string of the molecule is CCNCCNC(=O)CCCOc1ccc(C(C)=O)cc1. The molecular weight excluding hydrogens is 268 g/mol. The van der Waals surface area contributed by atoms with Crippen molar-refractivity contribution in [2.24, 2.45) is 0 Å². The minimum atomic E-state index is 0.0378. The zero-order valence-electron chi connectivity index (χ0n) is 12.8. The van der Waals surface area contributed by atoms with E-state index >= 15 is 0 Å². The Labute approximate surface area is 126 Å². The van der Waals surface area contributed by atoms with E-state index in [4.69, 9.17) is 4.74 Å². The summed E-state index contributed by atoms with van der Waals surface area (Å²) in [6, 6.07) is 7.02. The monoisotopic (exact) mass is 292 g/mol. The number of hydrogen-bond acceptors (Lipinski definition) is 4. The van der Waals surface area contributed by atoms with E-state index in [1.165, 1.54) is 6.92 Å². The Balaban J connectivity index is 2.13. The topological polar surface area (TPSA) is 67.4 Å². The zero-order valence-corrected chi connectivity index (χ0v) is 12.8. The summed E-state index contributed by atoms with van der Waals surface area (Å²) < 4.78 is 5.53. The second-order valence-corrected chi connectivity index (χ2v) is 4.74. The second-order valence-electron chi connectivity index (χ2n) is 4.74. The van der Waals surface area contributed by atoms with Gasteiger partial charge in [-0.05, 0) is 44.2 Å². The molecule has 0 fully saturated rings. The minimum Gasteiger partial charge on any atom is -0.494 e. The third kappa shape index (κ3) is 7.46. The van der Waals surface area contributed by atoms with Crippen molar-refractivity contribution >= 4 is 11.7 Å². The Morgan fingerprint density at radius 3 is 2.48 bits per heavy atom. The molecule has 116 valence electrons. The van der Waals surface area contributed by atoms with Gasteiger partial charge in [0.1, 0.15) is 5.75 Å². The van der Waals surface area contributed by atoms with Crippen molar-refractivity contribution < 1.29 is 14.3 Å². The van der Waals surface area contributed by atoms with Crippen molar-refractivity contribution in [1.82, 2.24) is 10.6 Å². The molecule has 0 unspecified atom stereocenters. The molecule has 1 aromatic carbocycles. The number of ether oxygens (including phenoxy) is 1. The summed E-state index contributed by atoms with van der Waals surface area (Å²) >= 11 is 0. The number of Topliss-reactive ketones (excluding diaryl/α,β-unsaturated/α-hetero) is 1. The second kappa shape index (κ2) is 9.94. The summed E-state index contributed by atoms with van der Waals surface area (Å²) in [5, 5.41) is 5.98. The molecule has 1 rings (SSSR count). The van der Waals surface area contributed by atoms with Crippen LogP contribution in [0.5, 0.6) is 5.75 Å². The largest absolute Gasteiger partial charge is 0.494 e. The molecule has 0 saturated carbocycles. The Bertz CT molecular complexity index is 443. The molecule has 0 atom stereocenters. The van der Waals surface area contributed by atoms with Crippen LogP contribution in [0, 0.1) is 0 Å². The number of carbonyl (C=O) groups is 2. The normalized spacial score (nSPS) is 10.2. The molecule has 0 aliphatic heterocycles. The van der Waals surface area contributed by atoms with Crippen molar-refractivity contribution in [3.8, 4) is 5.75 Å². The molecule has 1 aromatic rings. The molecular formula is C16H24N2O3. The highest BCUT2D eigenvalue weighted by molar-refractivity contribution is 5.94. The van der Waals surface area contributed by atoms with E-state index in [-0.39, 0.29) is 11.7 Å². The van der Waals surface area contributed by atoms with Gasteiger partial charge in [0.25, 0.3) is 0 Å². The van der Waals surface area contributed by atoms with Gasteiger partial charge in [0.15, 0.2) is 5.78 Å². The number of ketones is 1. The Kier molecular flexibility index (Phi) is 8.12. The van der Waals surface area contributed by atoms with Gasteiger partial charge in [-0.25, -0.2) is 0 Å². The quantitative estimate of drug-likeness (QED) is 0.509. The van der Waals surface area contributed by atoms with Gasteiger partial charge in [-0.15, -0.1) is 0 Å². The Morgan fingerprint density at radius 1 is 1.14 bits per heavy atom. The van der Waals surface area contributed by atoms with Crippen LogP contribution in [0.15, 0.2) is 24.3 Å². The number of rotatable bonds is 10. The van der Waals surface area contributed by atoms with Crippen LogP contribution in [0.3, 0.4) is 0 Å². The number of likely N-dealkylation sites (N-methyl/N-ethyl adjacent to an activating group) is 1. The van der Waals surface area contributed by atoms with Crippen LogP contribution in [0.1, 0.15) is 37.0 Å². The number of benzene rings is 1. The van der Waals surface area contributed by atoms with Crippen molar-refractivity contribution in [2.75, 3.05) is 26.2 Å². The molecule has 21 heavy (non-hydrogen) atoms. The van der Waals surface area contributed by atoms with Gasteiger partial charge in [-0.3, -0.25) is 9.59 Å². The van der Waals surface area contributed by atoms with Gasteiger partial charge in [0, 0.05) is 25.1 Å². The molecule has 0 aliphatic rings. The first-order valence-corrected chi connectivity index (χ1v) is 7.34. The predicted molar refractivity (Wildman–Crippen MR) is 82.7 cm³/mol. The predicted octanol–water partition coefficient (Wildman–Crippen LogP) is 1.77. The molecule has 0 radical (unpaired) electrons. The first-order chi connectivity index (χ1) is 10.1. The molecule has 0 spiro atoms. The number of carbonyl (C=O) groups excluding carboxylic acids is 2. The van der Waals surface area contributed by atoms with Crippen LogP contribution in [-0.4, -0.2) is 37.9 Å². The summed E-state index contributed by atoms with van der Waals surface area (Å²) in [6.45, 7) is 6.40. The Morgan fingerprint density at radius 2 is 1.86 bits per heavy atom. The molecule has 0 heterocycles. The van der Waals surface area contributed by atoms with Gasteiger partial charge < -0.3 is 15.4 Å². The van der Waals surface area contributed by atoms with E-state index in [1.807, 2.05) is 6.92 Å². The summed E-state index contributed by atoms with van der Waals surface area (Å²) in [6.07, 6.45) is 1.12.